The van der Waals surface area contributed by atoms with Crippen LogP contribution in [0.2, 0.25) is 10.0 Å². The normalized spacial score (nSPS) is 16.5. The van der Waals surface area contributed by atoms with Gasteiger partial charge < -0.3 is 15.4 Å². The van der Waals surface area contributed by atoms with Gasteiger partial charge >= 0.3 is 5.97 Å². The van der Waals surface area contributed by atoms with Gasteiger partial charge in [-0.25, -0.2) is 14.8 Å². The molecule has 1 aliphatic heterocycles. The summed E-state index contributed by atoms with van der Waals surface area (Å²) in [7, 11) is 0. The Morgan fingerprint density at radius 1 is 1.35 bits per heavy atom. The fourth-order valence-electron chi connectivity index (χ4n) is 3.79. The lowest BCUT2D eigenvalue weighted by molar-refractivity contribution is 0.0519. The molecule has 2 aromatic rings. The van der Waals surface area contributed by atoms with Crippen LogP contribution in [0.15, 0.2) is 18.2 Å². The fraction of sp³-hybridized carbons (Fsp3) is 0.455. The van der Waals surface area contributed by atoms with Gasteiger partial charge in [-0.1, -0.05) is 35.3 Å². The number of carbonyl (C=O) groups excluding carboxylic acids is 1. The summed E-state index contributed by atoms with van der Waals surface area (Å²) in [6, 6.07) is 7.38. The number of nitrogens with two attached hydrogens (primary N) is 1. The zero-order valence-electron chi connectivity index (χ0n) is 17.8. The Kier molecular flexibility index (Phi) is 7.05. The van der Waals surface area contributed by atoms with Gasteiger partial charge in [0.25, 0.3) is 0 Å². The van der Waals surface area contributed by atoms with E-state index in [0.29, 0.717) is 58.7 Å². The van der Waals surface area contributed by atoms with Crippen LogP contribution >= 0.6 is 23.2 Å². The Hall–Kier alpha value is -2.40. The molecule has 7 nitrogen and oxygen atoms in total. The topological polar surface area (TPSA) is 105 Å². The van der Waals surface area contributed by atoms with E-state index in [1.165, 1.54) is 0 Å². The van der Waals surface area contributed by atoms with Crippen LogP contribution in [-0.2, 0) is 4.74 Å². The highest BCUT2D eigenvalue weighted by Gasteiger charge is 2.39. The minimum absolute atomic E-state index is 0.115. The number of nitriles is 1. The zero-order chi connectivity index (χ0) is 22.8. The van der Waals surface area contributed by atoms with Crippen molar-refractivity contribution < 1.29 is 9.53 Å². The first-order chi connectivity index (χ1) is 14.7. The number of hydrogen-bond acceptors (Lipinski definition) is 7. The largest absolute Gasteiger partial charge is 0.461 e. The first kappa shape index (κ1) is 23.3. The summed E-state index contributed by atoms with van der Waals surface area (Å²) in [5, 5.41) is 10.4. The Labute approximate surface area is 192 Å². The van der Waals surface area contributed by atoms with E-state index in [1.807, 2.05) is 18.7 Å². The summed E-state index contributed by atoms with van der Waals surface area (Å²) in [4.78, 5) is 24.1. The number of nitrogens with zero attached hydrogens (tertiary/aromatic N) is 4. The molecule has 2 heterocycles. The number of halogens is 2. The molecule has 0 unspecified atom stereocenters. The number of hydrogen-bond donors (Lipinski definition) is 1. The van der Waals surface area contributed by atoms with E-state index < -0.39 is 11.4 Å². The maximum absolute atomic E-state index is 12.8. The molecule has 1 aliphatic rings. The van der Waals surface area contributed by atoms with E-state index in [-0.39, 0.29) is 18.3 Å². The summed E-state index contributed by atoms with van der Waals surface area (Å²) in [6.45, 7) is 6.68. The SMILES string of the molecule is CCOC(=O)c1nc(-c2cccc(Cl)c2Cl)c(C)nc1N1CCC(C#N)([C@@H](C)N)CC1. The second kappa shape index (κ2) is 9.39. The lowest BCUT2D eigenvalue weighted by Crippen LogP contribution is -2.48. The van der Waals surface area contributed by atoms with Crippen molar-refractivity contribution in [1.82, 2.24) is 9.97 Å². The molecular weight excluding hydrogens is 437 g/mol. The predicted octanol–water partition coefficient (Wildman–Crippen LogP) is 4.39. The number of anilines is 1. The third kappa shape index (κ3) is 4.47. The molecule has 1 atom stereocenters. The molecule has 0 saturated carbocycles. The van der Waals surface area contributed by atoms with Crippen molar-refractivity contribution >= 4 is 35.0 Å². The molecule has 0 spiro atoms. The van der Waals surface area contributed by atoms with Gasteiger partial charge in [0.15, 0.2) is 11.5 Å². The first-order valence-corrected chi connectivity index (χ1v) is 10.9. The van der Waals surface area contributed by atoms with Crippen LogP contribution in [-0.4, -0.2) is 41.7 Å². The molecule has 0 aliphatic carbocycles. The molecule has 2 N–H and O–H groups in total. The first-order valence-electron chi connectivity index (χ1n) is 10.2. The van der Waals surface area contributed by atoms with Crippen molar-refractivity contribution in [1.29, 1.82) is 5.26 Å². The van der Waals surface area contributed by atoms with Gasteiger partial charge in [0.2, 0.25) is 0 Å². The maximum Gasteiger partial charge on any atom is 0.360 e. The van der Waals surface area contributed by atoms with E-state index in [2.05, 4.69) is 11.1 Å². The molecule has 0 amide bonds. The number of esters is 1. The van der Waals surface area contributed by atoms with Crippen LogP contribution in [0.1, 0.15) is 42.9 Å². The molecule has 3 rings (SSSR count). The number of piperidine rings is 1. The quantitative estimate of drug-likeness (QED) is 0.657. The van der Waals surface area contributed by atoms with Crippen LogP contribution in [0.3, 0.4) is 0 Å². The van der Waals surface area contributed by atoms with Gasteiger partial charge in [0.05, 0.1) is 39.5 Å². The summed E-state index contributed by atoms with van der Waals surface area (Å²) in [6.07, 6.45) is 1.15. The highest BCUT2D eigenvalue weighted by Crippen LogP contribution is 2.38. The maximum atomic E-state index is 12.8. The lowest BCUT2D eigenvalue weighted by atomic mass is 9.74. The van der Waals surface area contributed by atoms with Gasteiger partial charge in [-0.15, -0.1) is 0 Å². The van der Waals surface area contributed by atoms with Crippen LogP contribution in [0.5, 0.6) is 0 Å². The second-order valence-corrected chi connectivity index (χ2v) is 8.48. The van der Waals surface area contributed by atoms with Crippen molar-refractivity contribution in [3.8, 4) is 17.3 Å². The minimum Gasteiger partial charge on any atom is -0.461 e. The van der Waals surface area contributed by atoms with E-state index >= 15 is 0 Å². The molecule has 1 saturated heterocycles. The highest BCUT2D eigenvalue weighted by molar-refractivity contribution is 6.43. The van der Waals surface area contributed by atoms with Crippen LogP contribution in [0.25, 0.3) is 11.3 Å². The molecule has 164 valence electrons. The fourth-order valence-corrected chi connectivity index (χ4v) is 4.18. The highest BCUT2D eigenvalue weighted by atomic mass is 35.5. The molecule has 1 fully saturated rings. The molecule has 31 heavy (non-hydrogen) atoms. The monoisotopic (exact) mass is 461 g/mol. The van der Waals surface area contributed by atoms with Crippen LogP contribution in [0.4, 0.5) is 5.82 Å². The Morgan fingerprint density at radius 2 is 2.03 bits per heavy atom. The third-order valence-corrected chi connectivity index (χ3v) is 6.60. The van der Waals surface area contributed by atoms with Crippen molar-refractivity contribution in [2.75, 3.05) is 24.6 Å². The Bertz CT molecular complexity index is 1030. The Morgan fingerprint density at radius 3 is 2.61 bits per heavy atom. The number of aromatic nitrogens is 2. The number of ether oxygens (including phenoxy) is 1. The van der Waals surface area contributed by atoms with E-state index in [1.54, 1.807) is 25.1 Å². The summed E-state index contributed by atoms with van der Waals surface area (Å²) < 4.78 is 5.24. The molecule has 1 aromatic carbocycles. The van der Waals surface area contributed by atoms with Gasteiger partial charge in [0.1, 0.15) is 0 Å². The number of carbonyl (C=O) groups is 1. The smallest absolute Gasteiger partial charge is 0.360 e. The number of rotatable bonds is 5. The summed E-state index contributed by atoms with van der Waals surface area (Å²) >= 11 is 12.6. The summed E-state index contributed by atoms with van der Waals surface area (Å²) in [5.74, 6) is -0.122. The molecule has 0 radical (unpaired) electrons. The van der Waals surface area contributed by atoms with Crippen molar-refractivity contribution in [2.24, 2.45) is 11.1 Å². The second-order valence-electron chi connectivity index (χ2n) is 7.70. The van der Waals surface area contributed by atoms with E-state index in [4.69, 9.17) is 38.7 Å². The average molecular weight is 462 g/mol. The summed E-state index contributed by atoms with van der Waals surface area (Å²) in [5.41, 5.74) is 7.28. The Balaban J connectivity index is 2.05. The van der Waals surface area contributed by atoms with Gasteiger partial charge in [0, 0.05) is 24.7 Å². The standard InChI is InChI=1S/C22H25Cl2N5O2/c1-4-31-21(30)19-20(29-10-8-22(12-25,9-11-29)14(3)26)27-13(2)18(28-19)15-6-5-7-16(23)17(15)24/h5-7,14H,4,8-11,26H2,1-3H3/t14-/m1/s1. The van der Waals surface area contributed by atoms with E-state index in [9.17, 15) is 10.1 Å². The van der Waals surface area contributed by atoms with Crippen LogP contribution < -0.4 is 10.6 Å². The van der Waals surface area contributed by atoms with Crippen molar-refractivity contribution in [2.45, 2.75) is 39.7 Å². The van der Waals surface area contributed by atoms with Crippen LogP contribution in [0, 0.1) is 23.7 Å². The van der Waals surface area contributed by atoms with Gasteiger partial charge in [-0.3, -0.25) is 0 Å². The van der Waals surface area contributed by atoms with E-state index in [0.717, 1.165) is 0 Å². The predicted molar refractivity (Wildman–Crippen MR) is 121 cm³/mol. The zero-order valence-corrected chi connectivity index (χ0v) is 19.3. The van der Waals surface area contributed by atoms with Crippen molar-refractivity contribution in [3.05, 3.63) is 39.6 Å². The minimum atomic E-state index is -0.586. The molecule has 1 aromatic heterocycles. The van der Waals surface area contributed by atoms with Gasteiger partial charge in [-0.05, 0) is 39.7 Å². The number of benzene rings is 1. The molecule has 9 heteroatoms. The molecule has 0 bridgehead atoms. The number of aryl methyl sites for hydroxylation is 1. The lowest BCUT2D eigenvalue weighted by Gasteiger charge is -2.40. The molecular formula is C22H25Cl2N5O2. The average Bonchev–Trinajstić information content (AvgIpc) is 2.76. The van der Waals surface area contributed by atoms with Gasteiger partial charge in [-0.2, -0.15) is 5.26 Å². The third-order valence-electron chi connectivity index (χ3n) is 5.78. The van der Waals surface area contributed by atoms with Crippen molar-refractivity contribution in [3.63, 3.8) is 0 Å².